The molecule has 6 rings (SSSR count). The highest BCUT2D eigenvalue weighted by molar-refractivity contribution is 6.36. The Morgan fingerprint density at radius 2 is 1.89 bits per heavy atom. The van der Waals surface area contributed by atoms with Gasteiger partial charge in [-0.2, -0.15) is 18.3 Å². The Morgan fingerprint density at radius 3 is 2.69 bits per heavy atom. The summed E-state index contributed by atoms with van der Waals surface area (Å²) in [6.07, 6.45) is 1.03. The van der Waals surface area contributed by atoms with Crippen molar-refractivity contribution < 1.29 is 18.0 Å². The predicted molar refractivity (Wildman–Crippen MR) is 126 cm³/mol. The number of rotatable bonds is 1. The number of likely N-dealkylation sites (tertiary alicyclic amines) is 1. The quantitative estimate of drug-likeness (QED) is 0.397. The number of carbonyl (C=O) groups is 1. The van der Waals surface area contributed by atoms with Gasteiger partial charge in [0.15, 0.2) is 17.0 Å². The molecule has 5 nitrogen and oxygen atoms in total. The molecule has 0 unspecified atom stereocenters. The van der Waals surface area contributed by atoms with Gasteiger partial charge in [-0.3, -0.25) is 4.79 Å². The van der Waals surface area contributed by atoms with Crippen molar-refractivity contribution in [1.82, 2.24) is 19.5 Å². The molecular formula is C26H26ClF3N4O. The van der Waals surface area contributed by atoms with E-state index in [0.29, 0.717) is 30.4 Å². The summed E-state index contributed by atoms with van der Waals surface area (Å²) in [5.41, 5.74) is 0.829. The first-order valence-corrected chi connectivity index (χ1v) is 12.7. The second-order valence-corrected chi connectivity index (χ2v) is 10.5. The van der Waals surface area contributed by atoms with Crippen LogP contribution in [0.1, 0.15) is 66.3 Å². The Labute approximate surface area is 206 Å². The average Bonchev–Trinajstić information content (AvgIpc) is 3.17. The predicted octanol–water partition coefficient (Wildman–Crippen LogP) is 6.21. The molecule has 2 aromatic heterocycles. The first-order valence-electron chi connectivity index (χ1n) is 12.3. The lowest BCUT2D eigenvalue weighted by atomic mass is 9.72. The van der Waals surface area contributed by atoms with E-state index in [4.69, 9.17) is 11.6 Å². The second kappa shape index (κ2) is 8.22. The molecule has 3 aliphatic rings. The van der Waals surface area contributed by atoms with Gasteiger partial charge in [0.25, 0.3) is 5.91 Å². The number of hydrogen-bond donors (Lipinski definition) is 0. The topological polar surface area (TPSA) is 50.5 Å². The molecule has 0 N–H and O–H groups in total. The molecule has 3 aromatic rings. The Balaban J connectivity index is 1.51. The maximum Gasteiger partial charge on any atom is 0.433 e. The fraction of sp³-hybridized carbons (Fsp3) is 0.500. The zero-order valence-corrected chi connectivity index (χ0v) is 20.2. The third-order valence-corrected chi connectivity index (χ3v) is 8.54. The molecule has 0 spiro atoms. The molecule has 3 heterocycles. The zero-order valence-electron chi connectivity index (χ0n) is 19.4. The molecule has 35 heavy (non-hydrogen) atoms. The molecular weight excluding hydrogens is 477 g/mol. The minimum atomic E-state index is -4.68. The summed E-state index contributed by atoms with van der Waals surface area (Å²) in [5.74, 6) is 0.534. The van der Waals surface area contributed by atoms with Crippen LogP contribution in [-0.4, -0.2) is 38.0 Å². The van der Waals surface area contributed by atoms with Crippen molar-refractivity contribution in [2.45, 2.75) is 64.1 Å². The maximum absolute atomic E-state index is 14.4. The first-order chi connectivity index (χ1) is 16.8. The molecule has 1 amide bonds. The van der Waals surface area contributed by atoms with Crippen LogP contribution >= 0.6 is 11.6 Å². The van der Waals surface area contributed by atoms with Gasteiger partial charge in [0, 0.05) is 23.7 Å². The van der Waals surface area contributed by atoms with Gasteiger partial charge in [0.1, 0.15) is 5.02 Å². The number of halogens is 4. The van der Waals surface area contributed by atoms with Crippen LogP contribution in [0.3, 0.4) is 0 Å². The third kappa shape index (κ3) is 3.55. The van der Waals surface area contributed by atoms with E-state index in [2.05, 4.69) is 17.0 Å². The van der Waals surface area contributed by atoms with Crippen molar-refractivity contribution in [3.63, 3.8) is 0 Å². The number of hydrogen-bond acceptors (Lipinski definition) is 3. The molecule has 1 saturated carbocycles. The summed E-state index contributed by atoms with van der Waals surface area (Å²) >= 11 is 6.61. The van der Waals surface area contributed by atoms with Crippen LogP contribution in [0.25, 0.3) is 16.9 Å². The highest BCUT2D eigenvalue weighted by atomic mass is 35.5. The molecule has 1 saturated heterocycles. The van der Waals surface area contributed by atoms with E-state index in [0.717, 1.165) is 42.2 Å². The van der Waals surface area contributed by atoms with Gasteiger partial charge in [-0.05, 0) is 49.5 Å². The number of benzene rings is 1. The van der Waals surface area contributed by atoms with Gasteiger partial charge in [-0.15, -0.1) is 0 Å². The summed E-state index contributed by atoms with van der Waals surface area (Å²) < 4.78 is 44.0. The van der Waals surface area contributed by atoms with Crippen LogP contribution in [0.2, 0.25) is 5.02 Å². The fourth-order valence-electron chi connectivity index (χ4n) is 6.47. The number of aromatic nitrogens is 3. The Hall–Kier alpha value is -2.61. The van der Waals surface area contributed by atoms with Gasteiger partial charge in [0.2, 0.25) is 0 Å². The maximum atomic E-state index is 14.4. The lowest BCUT2D eigenvalue weighted by Gasteiger charge is -2.47. The largest absolute Gasteiger partial charge is 0.433 e. The van der Waals surface area contributed by atoms with Gasteiger partial charge >= 0.3 is 6.18 Å². The van der Waals surface area contributed by atoms with E-state index < -0.39 is 17.8 Å². The number of aryl methyl sites for hydroxylation is 1. The minimum absolute atomic E-state index is 0.0796. The van der Waals surface area contributed by atoms with Crippen molar-refractivity contribution in [2.75, 3.05) is 6.54 Å². The number of amides is 1. The standard InChI is InChI=1S/C26H26ClF3N4O/c1-14-12-13-33(19-9-5-4-7-16(14)19)25(35)22-20(27)24-31-21-17-8-3-2-6-15(17)10-11-18(21)23(26(28,29)30)34(24)32-22/h2-3,6,8,14,16,19H,4-5,7,9-13H2,1H3/t14-,16+,19-/m0/s1. The number of fused-ring (bicyclic) bond motifs is 5. The molecule has 2 fully saturated rings. The first kappa shape index (κ1) is 22.8. The molecule has 184 valence electrons. The van der Waals surface area contributed by atoms with E-state index in [-0.39, 0.29) is 40.1 Å². The molecule has 9 heteroatoms. The van der Waals surface area contributed by atoms with Crippen LogP contribution < -0.4 is 0 Å². The molecule has 3 atom stereocenters. The zero-order chi connectivity index (χ0) is 24.5. The van der Waals surface area contributed by atoms with E-state index in [9.17, 15) is 18.0 Å². The van der Waals surface area contributed by atoms with E-state index >= 15 is 0 Å². The van der Waals surface area contributed by atoms with Crippen molar-refractivity contribution in [3.05, 3.63) is 51.8 Å². The number of piperidine rings is 1. The number of alkyl halides is 3. The number of carbonyl (C=O) groups excluding carboxylic acids is 1. The summed E-state index contributed by atoms with van der Waals surface area (Å²) in [7, 11) is 0. The van der Waals surface area contributed by atoms with Crippen LogP contribution in [0, 0.1) is 11.8 Å². The second-order valence-electron chi connectivity index (χ2n) is 10.1. The van der Waals surface area contributed by atoms with Gasteiger partial charge in [-0.25, -0.2) is 9.50 Å². The lowest BCUT2D eigenvalue weighted by Crippen LogP contribution is -2.52. The summed E-state index contributed by atoms with van der Waals surface area (Å²) in [4.78, 5) is 20.1. The summed E-state index contributed by atoms with van der Waals surface area (Å²) in [6.45, 7) is 2.79. The minimum Gasteiger partial charge on any atom is -0.334 e. The summed E-state index contributed by atoms with van der Waals surface area (Å²) in [6, 6.07) is 7.43. The Bertz CT molecular complexity index is 1330. The van der Waals surface area contributed by atoms with Crippen molar-refractivity contribution in [1.29, 1.82) is 0 Å². The Kier molecular flexibility index (Phi) is 5.36. The van der Waals surface area contributed by atoms with Gasteiger partial charge in [-0.1, -0.05) is 55.6 Å². The van der Waals surface area contributed by atoms with E-state index in [1.165, 1.54) is 0 Å². The highest BCUT2D eigenvalue weighted by Crippen LogP contribution is 2.43. The average molecular weight is 503 g/mol. The normalized spacial score (nSPS) is 24.1. The molecule has 2 aliphatic carbocycles. The molecule has 0 bridgehead atoms. The molecule has 1 aliphatic heterocycles. The van der Waals surface area contributed by atoms with E-state index in [1.54, 1.807) is 17.0 Å². The third-order valence-electron chi connectivity index (χ3n) is 8.19. The van der Waals surface area contributed by atoms with Crippen molar-refractivity contribution in [2.24, 2.45) is 11.8 Å². The monoisotopic (exact) mass is 502 g/mol. The van der Waals surface area contributed by atoms with Crippen molar-refractivity contribution >= 4 is 23.2 Å². The molecule has 0 radical (unpaired) electrons. The lowest BCUT2D eigenvalue weighted by molar-refractivity contribution is -0.143. The SMILES string of the molecule is C[C@H]1CCN(C(=O)c2nn3c(C(F)(F)F)c4c(nc3c2Cl)-c2ccccc2CC4)[C@H]2CCCC[C@H]12. The van der Waals surface area contributed by atoms with Crippen LogP contribution in [0.15, 0.2) is 24.3 Å². The molecule has 1 aromatic carbocycles. The van der Waals surface area contributed by atoms with E-state index in [1.807, 2.05) is 12.1 Å². The smallest absolute Gasteiger partial charge is 0.334 e. The highest BCUT2D eigenvalue weighted by Gasteiger charge is 2.43. The van der Waals surface area contributed by atoms with Gasteiger partial charge in [0.05, 0.1) is 5.69 Å². The Morgan fingerprint density at radius 1 is 1.11 bits per heavy atom. The van der Waals surface area contributed by atoms with Crippen LogP contribution in [0.4, 0.5) is 13.2 Å². The fourth-order valence-corrected chi connectivity index (χ4v) is 6.71. The summed E-state index contributed by atoms with van der Waals surface area (Å²) in [5, 5.41) is 4.07. The van der Waals surface area contributed by atoms with Gasteiger partial charge < -0.3 is 4.90 Å². The number of nitrogens with zero attached hydrogens (tertiary/aromatic N) is 4. The van der Waals surface area contributed by atoms with Crippen molar-refractivity contribution in [3.8, 4) is 11.3 Å². The van der Waals surface area contributed by atoms with Crippen LogP contribution in [0.5, 0.6) is 0 Å². The van der Waals surface area contributed by atoms with Crippen LogP contribution in [-0.2, 0) is 19.0 Å².